The van der Waals surface area contributed by atoms with E-state index in [2.05, 4.69) is 15.5 Å². The topological polar surface area (TPSA) is 105 Å². The maximum absolute atomic E-state index is 13.4. The summed E-state index contributed by atoms with van der Waals surface area (Å²) in [6, 6.07) is 9.28. The summed E-state index contributed by atoms with van der Waals surface area (Å²) in [7, 11) is -3.75. The lowest BCUT2D eigenvalue weighted by Crippen LogP contribution is -2.43. The average Bonchev–Trinajstić information content (AvgIpc) is 3.40. The van der Waals surface area contributed by atoms with Gasteiger partial charge in [-0.05, 0) is 43.9 Å². The van der Waals surface area contributed by atoms with Gasteiger partial charge in [-0.1, -0.05) is 30.3 Å². The fourth-order valence-corrected chi connectivity index (χ4v) is 6.94. The second kappa shape index (κ2) is 9.13. The number of nitrogens with zero attached hydrogens (tertiary/aromatic N) is 3. The van der Waals surface area contributed by atoms with Gasteiger partial charge in [-0.25, -0.2) is 8.42 Å². The van der Waals surface area contributed by atoms with Crippen LogP contribution in [0.5, 0.6) is 0 Å². The number of rotatable bonds is 6. The SMILES string of the molecule is CCc1ccccc1NC(=O)[C@@H]1CCCN(S(=O)(=O)c2cc(-c3noc(C)n3)sc2C)C1. The Hall–Kier alpha value is -2.56. The third kappa shape index (κ3) is 4.48. The van der Waals surface area contributed by atoms with Crippen molar-refractivity contribution < 1.29 is 17.7 Å². The van der Waals surface area contributed by atoms with E-state index < -0.39 is 15.9 Å². The molecule has 0 bridgehead atoms. The van der Waals surface area contributed by atoms with Crippen molar-refractivity contribution in [3.05, 3.63) is 46.7 Å². The Labute approximate surface area is 191 Å². The number of para-hydroxylation sites is 1. The Morgan fingerprint density at radius 3 is 2.81 bits per heavy atom. The maximum Gasteiger partial charge on any atom is 0.244 e. The fraction of sp³-hybridized carbons (Fsp3) is 0.409. The molecule has 1 N–H and O–H groups in total. The van der Waals surface area contributed by atoms with E-state index in [0.717, 1.165) is 17.7 Å². The summed E-state index contributed by atoms with van der Waals surface area (Å²) >= 11 is 1.31. The molecule has 1 atom stereocenters. The van der Waals surface area contributed by atoms with E-state index >= 15 is 0 Å². The van der Waals surface area contributed by atoms with Gasteiger partial charge in [0.15, 0.2) is 0 Å². The highest BCUT2D eigenvalue weighted by atomic mass is 32.2. The molecule has 10 heteroatoms. The minimum Gasteiger partial charge on any atom is -0.339 e. The molecule has 0 aliphatic carbocycles. The summed E-state index contributed by atoms with van der Waals surface area (Å²) in [6.45, 7) is 6.04. The van der Waals surface area contributed by atoms with Crippen LogP contribution < -0.4 is 5.32 Å². The zero-order valence-corrected chi connectivity index (χ0v) is 19.9. The molecular formula is C22H26N4O4S2. The van der Waals surface area contributed by atoms with Crippen LogP contribution in [0.3, 0.4) is 0 Å². The molecule has 0 spiro atoms. The number of hydrogen-bond acceptors (Lipinski definition) is 7. The molecule has 32 heavy (non-hydrogen) atoms. The van der Waals surface area contributed by atoms with Crippen molar-refractivity contribution in [3.63, 3.8) is 0 Å². The second-order valence-corrected chi connectivity index (χ2v) is 11.0. The molecule has 8 nitrogen and oxygen atoms in total. The monoisotopic (exact) mass is 474 g/mol. The molecule has 1 amide bonds. The minimum atomic E-state index is -3.75. The van der Waals surface area contributed by atoms with Gasteiger partial charge in [0, 0.05) is 30.6 Å². The summed E-state index contributed by atoms with van der Waals surface area (Å²) < 4.78 is 33.3. The van der Waals surface area contributed by atoms with Crippen molar-refractivity contribution in [2.75, 3.05) is 18.4 Å². The molecule has 1 aromatic carbocycles. The van der Waals surface area contributed by atoms with E-state index in [1.807, 2.05) is 31.2 Å². The summed E-state index contributed by atoms with van der Waals surface area (Å²) in [5.41, 5.74) is 1.84. The number of piperidine rings is 1. The van der Waals surface area contributed by atoms with E-state index in [4.69, 9.17) is 4.52 Å². The van der Waals surface area contributed by atoms with E-state index in [1.54, 1.807) is 19.9 Å². The molecule has 0 radical (unpaired) electrons. The molecule has 3 aromatic rings. The van der Waals surface area contributed by atoms with Crippen LogP contribution in [-0.2, 0) is 21.2 Å². The van der Waals surface area contributed by atoms with Crippen LogP contribution in [0.2, 0.25) is 0 Å². The predicted octanol–water partition coefficient (Wildman–Crippen LogP) is 4.02. The highest BCUT2D eigenvalue weighted by Crippen LogP contribution is 2.35. The molecule has 2 aromatic heterocycles. The summed E-state index contributed by atoms with van der Waals surface area (Å²) in [4.78, 5) is 18.7. The number of benzene rings is 1. The normalized spacial score (nSPS) is 17.4. The molecule has 1 aliphatic heterocycles. The lowest BCUT2D eigenvalue weighted by atomic mass is 9.98. The van der Waals surface area contributed by atoms with Crippen LogP contribution in [0.4, 0.5) is 5.69 Å². The summed E-state index contributed by atoms with van der Waals surface area (Å²) in [5.74, 6) is 0.255. The predicted molar refractivity (Wildman–Crippen MR) is 123 cm³/mol. The lowest BCUT2D eigenvalue weighted by molar-refractivity contribution is -0.120. The zero-order valence-electron chi connectivity index (χ0n) is 18.3. The highest BCUT2D eigenvalue weighted by molar-refractivity contribution is 7.89. The van der Waals surface area contributed by atoms with E-state index in [1.165, 1.54) is 15.6 Å². The van der Waals surface area contributed by atoms with Crippen LogP contribution >= 0.6 is 11.3 Å². The van der Waals surface area contributed by atoms with E-state index in [-0.39, 0.29) is 17.3 Å². The molecule has 1 aliphatic rings. The van der Waals surface area contributed by atoms with Crippen LogP contribution in [-0.4, -0.2) is 41.9 Å². The summed E-state index contributed by atoms with van der Waals surface area (Å²) in [6.07, 6.45) is 2.09. The van der Waals surface area contributed by atoms with E-state index in [9.17, 15) is 13.2 Å². The Morgan fingerprint density at radius 1 is 1.31 bits per heavy atom. The fourth-order valence-electron chi connectivity index (χ4n) is 3.93. The number of thiophene rings is 1. The van der Waals surface area contributed by atoms with Crippen molar-refractivity contribution in [1.82, 2.24) is 14.4 Å². The quantitative estimate of drug-likeness (QED) is 0.579. The average molecular weight is 475 g/mol. The van der Waals surface area contributed by atoms with Gasteiger partial charge in [0.05, 0.1) is 15.7 Å². The molecule has 0 saturated carbocycles. The first-order valence-corrected chi connectivity index (χ1v) is 12.8. The Kier molecular flexibility index (Phi) is 6.45. The van der Waals surface area contributed by atoms with Crippen molar-refractivity contribution in [3.8, 4) is 10.7 Å². The Balaban J connectivity index is 1.52. The van der Waals surface area contributed by atoms with Gasteiger partial charge in [-0.3, -0.25) is 4.79 Å². The van der Waals surface area contributed by atoms with Gasteiger partial charge in [0.1, 0.15) is 0 Å². The molecule has 1 fully saturated rings. The standard InChI is InChI=1S/C22H26N4O4S2/c1-4-16-8-5-6-10-18(16)24-22(27)17-9-7-11-26(13-17)32(28,29)20-12-19(31-14(20)2)21-23-15(3)30-25-21/h5-6,8,10,12,17H,4,7,9,11,13H2,1-3H3,(H,24,27)/t17-/m1/s1. The highest BCUT2D eigenvalue weighted by Gasteiger charge is 2.35. The number of nitrogens with one attached hydrogen (secondary N) is 1. The number of carbonyl (C=O) groups excluding carboxylic acids is 1. The molecule has 4 rings (SSSR count). The largest absolute Gasteiger partial charge is 0.339 e. The smallest absolute Gasteiger partial charge is 0.244 e. The van der Waals surface area contributed by atoms with Crippen molar-refractivity contribution in [2.45, 2.75) is 44.9 Å². The number of aryl methyl sites for hydroxylation is 3. The van der Waals surface area contributed by atoms with Gasteiger partial charge >= 0.3 is 0 Å². The number of anilines is 1. The van der Waals surface area contributed by atoms with Crippen molar-refractivity contribution in [2.24, 2.45) is 5.92 Å². The first-order chi connectivity index (χ1) is 15.3. The van der Waals surface area contributed by atoms with Crippen LogP contribution in [0.25, 0.3) is 10.7 Å². The molecule has 3 heterocycles. The zero-order chi connectivity index (χ0) is 22.9. The number of carbonyl (C=O) groups is 1. The summed E-state index contributed by atoms with van der Waals surface area (Å²) in [5, 5.41) is 6.88. The Bertz CT molecular complexity index is 1230. The third-order valence-corrected chi connectivity index (χ3v) is 8.82. The third-order valence-electron chi connectivity index (χ3n) is 5.65. The number of sulfonamides is 1. The lowest BCUT2D eigenvalue weighted by Gasteiger charge is -2.31. The Morgan fingerprint density at radius 2 is 2.09 bits per heavy atom. The number of aromatic nitrogens is 2. The molecule has 0 unspecified atom stereocenters. The number of hydrogen-bond donors (Lipinski definition) is 1. The van der Waals surface area contributed by atoms with Gasteiger partial charge in [-0.2, -0.15) is 9.29 Å². The molecule has 1 saturated heterocycles. The maximum atomic E-state index is 13.4. The van der Waals surface area contributed by atoms with Crippen molar-refractivity contribution >= 4 is 33.0 Å². The van der Waals surface area contributed by atoms with Crippen molar-refractivity contribution in [1.29, 1.82) is 0 Å². The van der Waals surface area contributed by atoms with Crippen LogP contribution in [0, 0.1) is 19.8 Å². The van der Waals surface area contributed by atoms with Crippen LogP contribution in [0.15, 0.2) is 39.8 Å². The first kappa shape index (κ1) is 22.6. The van der Waals surface area contributed by atoms with Gasteiger partial charge in [0.25, 0.3) is 0 Å². The van der Waals surface area contributed by atoms with Gasteiger partial charge in [-0.15, -0.1) is 11.3 Å². The minimum absolute atomic E-state index is 0.143. The second-order valence-electron chi connectivity index (χ2n) is 7.87. The first-order valence-electron chi connectivity index (χ1n) is 10.6. The number of amides is 1. The molecule has 170 valence electrons. The molecular weight excluding hydrogens is 448 g/mol. The van der Waals surface area contributed by atoms with Crippen LogP contribution in [0.1, 0.15) is 36.1 Å². The van der Waals surface area contributed by atoms with E-state index in [0.29, 0.717) is 40.9 Å². The van der Waals surface area contributed by atoms with Gasteiger partial charge < -0.3 is 9.84 Å². The van der Waals surface area contributed by atoms with Gasteiger partial charge in [0.2, 0.25) is 27.6 Å².